The number of rotatable bonds is 8. The summed E-state index contributed by atoms with van der Waals surface area (Å²) in [6.07, 6.45) is 0.484. The van der Waals surface area contributed by atoms with Crippen LogP contribution in [-0.2, 0) is 9.59 Å². The second kappa shape index (κ2) is 8.00. The van der Waals surface area contributed by atoms with Gasteiger partial charge in [0.25, 0.3) is 5.91 Å². The number of hydrogen-bond donors (Lipinski definition) is 2. The van der Waals surface area contributed by atoms with Crippen molar-refractivity contribution < 1.29 is 19.1 Å². The van der Waals surface area contributed by atoms with Crippen LogP contribution < -0.4 is 15.4 Å². The minimum Gasteiger partial charge on any atom is -0.492 e. The van der Waals surface area contributed by atoms with Gasteiger partial charge >= 0.3 is 6.03 Å². The van der Waals surface area contributed by atoms with E-state index < -0.39 is 17.5 Å². The molecule has 0 unspecified atom stereocenters. The fourth-order valence-electron chi connectivity index (χ4n) is 2.90. The Balaban J connectivity index is 1.82. The first-order valence-electron chi connectivity index (χ1n) is 8.49. The minimum absolute atomic E-state index is 0.0544. The van der Waals surface area contributed by atoms with Crippen LogP contribution in [0.3, 0.4) is 0 Å². The Hall–Kier alpha value is -2.57. The number of benzene rings is 1. The number of amides is 4. The second-order valence-corrected chi connectivity index (χ2v) is 6.31. The standard InChI is InChI=1S/C18H25N3O4/c1-4-18(13(2)3)16(23)21(17(24)20-18)12-15(22)19-10-11-25-14-8-6-5-7-9-14/h5-9,13H,4,10-12H2,1-3H3,(H,19,22)(H,20,24)/t18-/m1/s1. The molecule has 136 valence electrons. The van der Waals surface area contributed by atoms with Crippen LogP contribution >= 0.6 is 0 Å². The molecule has 2 N–H and O–H groups in total. The van der Waals surface area contributed by atoms with Gasteiger partial charge in [-0.3, -0.25) is 14.5 Å². The predicted molar refractivity (Wildman–Crippen MR) is 93.1 cm³/mol. The van der Waals surface area contributed by atoms with Crippen LogP contribution in [0, 0.1) is 5.92 Å². The Morgan fingerprint density at radius 2 is 1.96 bits per heavy atom. The molecule has 0 bridgehead atoms. The largest absolute Gasteiger partial charge is 0.492 e. The molecule has 4 amide bonds. The Labute approximate surface area is 147 Å². The fourth-order valence-corrected chi connectivity index (χ4v) is 2.90. The first-order valence-corrected chi connectivity index (χ1v) is 8.49. The van der Waals surface area contributed by atoms with Crippen molar-refractivity contribution >= 4 is 17.8 Å². The van der Waals surface area contributed by atoms with E-state index in [1.807, 2.05) is 51.1 Å². The van der Waals surface area contributed by atoms with E-state index >= 15 is 0 Å². The number of nitrogens with one attached hydrogen (secondary N) is 2. The molecule has 0 spiro atoms. The average Bonchev–Trinajstić information content (AvgIpc) is 2.85. The van der Waals surface area contributed by atoms with Crippen molar-refractivity contribution in [1.29, 1.82) is 0 Å². The summed E-state index contributed by atoms with van der Waals surface area (Å²) in [6, 6.07) is 8.74. The van der Waals surface area contributed by atoms with Crippen LogP contribution in [-0.4, -0.2) is 48.0 Å². The lowest BCUT2D eigenvalue weighted by Crippen LogP contribution is -2.51. The number of nitrogens with zero attached hydrogens (tertiary/aromatic N) is 1. The van der Waals surface area contributed by atoms with Gasteiger partial charge in [0.2, 0.25) is 5.91 Å². The van der Waals surface area contributed by atoms with Crippen molar-refractivity contribution in [3.05, 3.63) is 30.3 Å². The van der Waals surface area contributed by atoms with E-state index in [1.165, 1.54) is 0 Å². The van der Waals surface area contributed by atoms with Crippen LogP contribution in [0.1, 0.15) is 27.2 Å². The maximum absolute atomic E-state index is 12.6. The lowest BCUT2D eigenvalue weighted by molar-refractivity contribution is -0.136. The summed E-state index contributed by atoms with van der Waals surface area (Å²) in [5.41, 5.74) is -0.923. The third-order valence-electron chi connectivity index (χ3n) is 4.48. The highest BCUT2D eigenvalue weighted by atomic mass is 16.5. The Bertz CT molecular complexity index is 632. The minimum atomic E-state index is -0.923. The molecule has 1 saturated heterocycles. The molecule has 1 aliphatic rings. The smallest absolute Gasteiger partial charge is 0.325 e. The van der Waals surface area contributed by atoms with Gasteiger partial charge < -0.3 is 15.4 Å². The first-order chi connectivity index (χ1) is 11.9. The van der Waals surface area contributed by atoms with Crippen molar-refractivity contribution in [2.24, 2.45) is 5.92 Å². The molecular formula is C18H25N3O4. The van der Waals surface area contributed by atoms with Gasteiger partial charge in [-0.05, 0) is 24.5 Å². The number of para-hydroxylation sites is 1. The molecule has 7 nitrogen and oxygen atoms in total. The highest BCUT2D eigenvalue weighted by Gasteiger charge is 2.52. The van der Waals surface area contributed by atoms with E-state index in [9.17, 15) is 14.4 Å². The van der Waals surface area contributed by atoms with E-state index in [1.54, 1.807) is 0 Å². The molecule has 25 heavy (non-hydrogen) atoms. The molecule has 1 aromatic carbocycles. The maximum atomic E-state index is 12.6. The van der Waals surface area contributed by atoms with Gasteiger partial charge in [0.1, 0.15) is 24.4 Å². The second-order valence-electron chi connectivity index (χ2n) is 6.31. The molecule has 1 aromatic rings. The van der Waals surface area contributed by atoms with Crippen LogP contribution in [0.5, 0.6) is 5.75 Å². The van der Waals surface area contributed by atoms with Crippen LogP contribution in [0.15, 0.2) is 30.3 Å². The fraction of sp³-hybridized carbons (Fsp3) is 0.500. The van der Waals surface area contributed by atoms with Crippen LogP contribution in [0.2, 0.25) is 0 Å². The monoisotopic (exact) mass is 347 g/mol. The molecule has 0 radical (unpaired) electrons. The van der Waals surface area contributed by atoms with Gasteiger partial charge in [-0.15, -0.1) is 0 Å². The van der Waals surface area contributed by atoms with Crippen LogP contribution in [0.25, 0.3) is 0 Å². The van der Waals surface area contributed by atoms with Crippen molar-refractivity contribution in [2.45, 2.75) is 32.7 Å². The topological polar surface area (TPSA) is 87.7 Å². The van der Waals surface area contributed by atoms with Crippen molar-refractivity contribution in [2.75, 3.05) is 19.7 Å². The SMILES string of the molecule is CC[C@]1(C(C)C)NC(=O)N(CC(=O)NCCOc2ccccc2)C1=O. The number of ether oxygens (including phenoxy) is 1. The van der Waals surface area contributed by atoms with E-state index in [-0.39, 0.29) is 18.4 Å². The van der Waals surface area contributed by atoms with Crippen molar-refractivity contribution in [3.63, 3.8) is 0 Å². The molecule has 1 aliphatic heterocycles. The zero-order valence-corrected chi connectivity index (χ0v) is 14.9. The molecule has 1 heterocycles. The Kier molecular flexibility index (Phi) is 6.01. The molecule has 1 fully saturated rings. The van der Waals surface area contributed by atoms with Crippen molar-refractivity contribution in [3.8, 4) is 5.75 Å². The molecule has 2 rings (SSSR count). The van der Waals surface area contributed by atoms with Gasteiger partial charge in [-0.1, -0.05) is 39.0 Å². The van der Waals surface area contributed by atoms with E-state index in [2.05, 4.69) is 10.6 Å². The zero-order valence-electron chi connectivity index (χ0n) is 14.9. The normalized spacial score (nSPS) is 19.9. The molecular weight excluding hydrogens is 322 g/mol. The number of carbonyl (C=O) groups excluding carboxylic acids is 3. The first kappa shape index (κ1) is 18.8. The number of carbonyl (C=O) groups is 3. The highest BCUT2D eigenvalue weighted by molar-refractivity contribution is 6.09. The summed E-state index contributed by atoms with van der Waals surface area (Å²) in [5, 5.41) is 5.40. The van der Waals surface area contributed by atoms with Gasteiger partial charge in [-0.2, -0.15) is 0 Å². The third kappa shape index (κ3) is 4.10. The third-order valence-corrected chi connectivity index (χ3v) is 4.48. The van der Waals surface area contributed by atoms with Gasteiger partial charge in [0, 0.05) is 0 Å². The average molecular weight is 347 g/mol. The summed E-state index contributed by atoms with van der Waals surface area (Å²) in [6.45, 7) is 5.92. The van der Waals surface area contributed by atoms with E-state index in [0.29, 0.717) is 19.6 Å². The highest BCUT2D eigenvalue weighted by Crippen LogP contribution is 2.28. The Morgan fingerprint density at radius 3 is 2.52 bits per heavy atom. The predicted octanol–water partition coefficient (Wildman–Crippen LogP) is 1.54. The maximum Gasteiger partial charge on any atom is 0.325 e. The number of urea groups is 1. The Morgan fingerprint density at radius 1 is 1.28 bits per heavy atom. The van der Waals surface area contributed by atoms with Crippen molar-refractivity contribution in [1.82, 2.24) is 15.5 Å². The molecule has 0 aromatic heterocycles. The van der Waals surface area contributed by atoms with Gasteiger partial charge in [0.15, 0.2) is 0 Å². The lowest BCUT2D eigenvalue weighted by Gasteiger charge is -2.29. The summed E-state index contributed by atoms with van der Waals surface area (Å²) < 4.78 is 5.48. The number of imide groups is 1. The van der Waals surface area contributed by atoms with Gasteiger partial charge in [0.05, 0.1) is 6.54 Å². The van der Waals surface area contributed by atoms with Crippen LogP contribution in [0.4, 0.5) is 4.79 Å². The summed E-state index contributed by atoms with van der Waals surface area (Å²) in [4.78, 5) is 37.7. The van der Waals surface area contributed by atoms with E-state index in [0.717, 1.165) is 10.6 Å². The molecule has 1 atom stereocenters. The van der Waals surface area contributed by atoms with E-state index in [4.69, 9.17) is 4.74 Å². The lowest BCUT2D eigenvalue weighted by atomic mass is 9.84. The quantitative estimate of drug-likeness (QED) is 0.551. The molecule has 0 aliphatic carbocycles. The number of hydrogen-bond acceptors (Lipinski definition) is 4. The molecule has 0 saturated carbocycles. The summed E-state index contributed by atoms with van der Waals surface area (Å²) >= 11 is 0. The van der Waals surface area contributed by atoms with Gasteiger partial charge in [-0.25, -0.2) is 4.79 Å². The zero-order chi connectivity index (χ0) is 18.4. The summed E-state index contributed by atoms with van der Waals surface area (Å²) in [5.74, 6) is -0.0710. The summed E-state index contributed by atoms with van der Waals surface area (Å²) in [7, 11) is 0. The molecule has 7 heteroatoms.